The summed E-state index contributed by atoms with van der Waals surface area (Å²) in [4.78, 5) is 22.0. The molecule has 1 amide bonds. The van der Waals surface area contributed by atoms with Gasteiger partial charge in [-0.1, -0.05) is 12.1 Å². The number of benzene rings is 1. The molecule has 0 bridgehead atoms. The number of hydrogen-bond acceptors (Lipinski definition) is 2. The quantitative estimate of drug-likeness (QED) is 0.868. The van der Waals surface area contributed by atoms with Crippen molar-refractivity contribution in [2.24, 2.45) is 0 Å². The Hall–Kier alpha value is -2.05. The molecule has 0 saturated carbocycles. The molecule has 0 fully saturated rings. The standard InChI is InChI=1S/C10H8F3NO3/c1-14(9(17)10(11,12)13)7-5-3-2-4-6(7)8(15)16/h2-5H,1H3,(H,15,16). The lowest BCUT2D eigenvalue weighted by Crippen LogP contribution is -2.39. The maximum atomic E-state index is 12.2. The second-order valence-electron chi connectivity index (χ2n) is 3.18. The number of nitrogens with zero attached hydrogens (tertiary/aromatic N) is 1. The van der Waals surface area contributed by atoms with Gasteiger partial charge in [-0.05, 0) is 12.1 Å². The number of hydrogen-bond donors (Lipinski definition) is 1. The van der Waals surface area contributed by atoms with Crippen molar-refractivity contribution >= 4 is 17.6 Å². The number of amides is 1. The van der Waals surface area contributed by atoms with Crippen molar-refractivity contribution in [1.82, 2.24) is 0 Å². The third kappa shape index (κ3) is 2.74. The molecule has 0 atom stereocenters. The normalized spacial score (nSPS) is 11.1. The van der Waals surface area contributed by atoms with Crippen LogP contribution in [0.5, 0.6) is 0 Å². The Labute approximate surface area is 94.3 Å². The summed E-state index contributed by atoms with van der Waals surface area (Å²) in [6.07, 6.45) is -5.04. The van der Waals surface area contributed by atoms with E-state index in [1.54, 1.807) is 0 Å². The smallest absolute Gasteiger partial charge is 0.471 e. The Balaban J connectivity index is 3.17. The predicted octanol–water partition coefficient (Wildman–Crippen LogP) is 1.91. The molecule has 0 heterocycles. The lowest BCUT2D eigenvalue weighted by atomic mass is 10.1. The predicted molar refractivity (Wildman–Crippen MR) is 52.9 cm³/mol. The number of carbonyl (C=O) groups excluding carboxylic acids is 1. The van der Waals surface area contributed by atoms with Crippen molar-refractivity contribution in [2.75, 3.05) is 11.9 Å². The largest absolute Gasteiger partial charge is 0.478 e. The van der Waals surface area contributed by atoms with Crippen LogP contribution in [0.25, 0.3) is 0 Å². The summed E-state index contributed by atoms with van der Waals surface area (Å²) in [5.74, 6) is -3.52. The SMILES string of the molecule is CN(C(=O)C(F)(F)F)c1ccccc1C(=O)O. The zero-order valence-corrected chi connectivity index (χ0v) is 8.65. The summed E-state index contributed by atoms with van der Waals surface area (Å²) in [5, 5.41) is 8.78. The minimum atomic E-state index is -5.04. The van der Waals surface area contributed by atoms with Gasteiger partial charge in [0.25, 0.3) is 0 Å². The van der Waals surface area contributed by atoms with Crippen LogP contribution in [0, 0.1) is 0 Å². The van der Waals surface area contributed by atoms with Gasteiger partial charge in [-0.25, -0.2) is 4.79 Å². The molecule has 1 N–H and O–H groups in total. The van der Waals surface area contributed by atoms with Gasteiger partial charge in [-0.2, -0.15) is 13.2 Å². The third-order valence-corrected chi connectivity index (χ3v) is 2.04. The summed E-state index contributed by atoms with van der Waals surface area (Å²) in [6, 6.07) is 4.96. The van der Waals surface area contributed by atoms with Crippen molar-refractivity contribution in [2.45, 2.75) is 6.18 Å². The van der Waals surface area contributed by atoms with Gasteiger partial charge in [0, 0.05) is 7.05 Å². The van der Waals surface area contributed by atoms with Crippen molar-refractivity contribution in [3.8, 4) is 0 Å². The lowest BCUT2D eigenvalue weighted by Gasteiger charge is -2.20. The molecular weight excluding hydrogens is 239 g/mol. The third-order valence-electron chi connectivity index (χ3n) is 2.04. The van der Waals surface area contributed by atoms with Gasteiger partial charge in [-0.3, -0.25) is 4.79 Å². The molecule has 0 unspecified atom stereocenters. The second kappa shape index (κ2) is 4.44. The fraction of sp³-hybridized carbons (Fsp3) is 0.200. The van der Waals surface area contributed by atoms with E-state index in [-0.39, 0.29) is 16.2 Å². The van der Waals surface area contributed by atoms with Gasteiger partial charge in [0.1, 0.15) is 0 Å². The lowest BCUT2D eigenvalue weighted by molar-refractivity contribution is -0.170. The summed E-state index contributed by atoms with van der Waals surface area (Å²) < 4.78 is 36.5. The van der Waals surface area contributed by atoms with Crippen LogP contribution in [0.3, 0.4) is 0 Å². The van der Waals surface area contributed by atoms with E-state index in [0.29, 0.717) is 0 Å². The molecule has 0 radical (unpaired) electrons. The Bertz CT molecular complexity index is 456. The van der Waals surface area contributed by atoms with E-state index in [0.717, 1.165) is 19.2 Å². The van der Waals surface area contributed by atoms with Crippen LogP contribution in [-0.2, 0) is 4.79 Å². The maximum Gasteiger partial charge on any atom is 0.471 e. The first-order valence-electron chi connectivity index (χ1n) is 4.42. The number of para-hydroxylation sites is 1. The summed E-state index contributed by atoms with van der Waals surface area (Å²) >= 11 is 0. The van der Waals surface area contributed by atoms with Crippen molar-refractivity contribution in [1.29, 1.82) is 0 Å². The topological polar surface area (TPSA) is 57.6 Å². The Morgan fingerprint density at radius 2 is 1.76 bits per heavy atom. The Morgan fingerprint density at radius 1 is 1.24 bits per heavy atom. The molecule has 4 nitrogen and oxygen atoms in total. The van der Waals surface area contributed by atoms with Crippen LogP contribution in [0.15, 0.2) is 24.3 Å². The number of anilines is 1. The van der Waals surface area contributed by atoms with Crippen LogP contribution in [-0.4, -0.2) is 30.2 Å². The molecule has 0 aromatic heterocycles. The first-order valence-corrected chi connectivity index (χ1v) is 4.42. The van der Waals surface area contributed by atoms with E-state index in [2.05, 4.69) is 0 Å². The Kier molecular flexibility index (Phi) is 3.40. The summed E-state index contributed by atoms with van der Waals surface area (Å²) in [5.41, 5.74) is -0.671. The molecule has 0 aliphatic heterocycles. The van der Waals surface area contributed by atoms with E-state index in [1.807, 2.05) is 0 Å². The highest BCUT2D eigenvalue weighted by Gasteiger charge is 2.42. The van der Waals surface area contributed by atoms with Gasteiger partial charge in [0.2, 0.25) is 0 Å². The highest BCUT2D eigenvalue weighted by Crippen LogP contribution is 2.25. The van der Waals surface area contributed by atoms with Crippen LogP contribution in [0.1, 0.15) is 10.4 Å². The molecule has 0 aliphatic carbocycles. The fourth-order valence-electron chi connectivity index (χ4n) is 1.25. The molecular formula is C10H8F3NO3. The van der Waals surface area contributed by atoms with E-state index < -0.39 is 18.1 Å². The van der Waals surface area contributed by atoms with Gasteiger partial charge in [-0.15, -0.1) is 0 Å². The van der Waals surface area contributed by atoms with Crippen LogP contribution < -0.4 is 4.90 Å². The number of carbonyl (C=O) groups is 2. The number of carboxylic acid groups (broad SMARTS) is 1. The number of alkyl halides is 3. The van der Waals surface area contributed by atoms with Crippen LogP contribution in [0.2, 0.25) is 0 Å². The van der Waals surface area contributed by atoms with Crippen LogP contribution >= 0.6 is 0 Å². The van der Waals surface area contributed by atoms with Crippen molar-refractivity contribution in [3.05, 3.63) is 29.8 Å². The average Bonchev–Trinajstić information content (AvgIpc) is 2.25. The van der Waals surface area contributed by atoms with Gasteiger partial charge >= 0.3 is 18.1 Å². The first kappa shape index (κ1) is 13.0. The number of carboxylic acids is 1. The van der Waals surface area contributed by atoms with Crippen molar-refractivity contribution < 1.29 is 27.9 Å². The monoisotopic (exact) mass is 247 g/mol. The highest BCUT2D eigenvalue weighted by atomic mass is 19.4. The minimum absolute atomic E-state index is 0.267. The Morgan fingerprint density at radius 3 is 2.24 bits per heavy atom. The van der Waals surface area contributed by atoms with E-state index in [9.17, 15) is 22.8 Å². The minimum Gasteiger partial charge on any atom is -0.478 e. The zero-order valence-electron chi connectivity index (χ0n) is 8.65. The maximum absolute atomic E-state index is 12.2. The van der Waals surface area contributed by atoms with E-state index in [4.69, 9.17) is 5.11 Å². The summed E-state index contributed by atoms with van der Waals surface area (Å²) in [6.45, 7) is 0. The van der Waals surface area contributed by atoms with Gasteiger partial charge in [0.05, 0.1) is 11.3 Å². The molecule has 1 aromatic rings. The van der Waals surface area contributed by atoms with E-state index in [1.165, 1.54) is 12.1 Å². The zero-order chi connectivity index (χ0) is 13.2. The van der Waals surface area contributed by atoms with E-state index >= 15 is 0 Å². The van der Waals surface area contributed by atoms with Gasteiger partial charge in [0.15, 0.2) is 0 Å². The molecule has 0 aliphatic rings. The molecule has 17 heavy (non-hydrogen) atoms. The molecule has 0 spiro atoms. The molecule has 1 aromatic carbocycles. The number of aromatic carboxylic acids is 1. The fourth-order valence-corrected chi connectivity index (χ4v) is 1.25. The molecule has 7 heteroatoms. The number of rotatable bonds is 2. The average molecular weight is 247 g/mol. The summed E-state index contributed by atoms with van der Waals surface area (Å²) in [7, 11) is 0.873. The second-order valence-corrected chi connectivity index (χ2v) is 3.18. The molecule has 0 saturated heterocycles. The molecule has 1 rings (SSSR count). The highest BCUT2D eigenvalue weighted by molar-refractivity contribution is 6.03. The molecule has 92 valence electrons. The van der Waals surface area contributed by atoms with Crippen molar-refractivity contribution in [3.63, 3.8) is 0 Å². The van der Waals surface area contributed by atoms with Crippen LogP contribution in [0.4, 0.5) is 18.9 Å². The number of halogens is 3. The van der Waals surface area contributed by atoms with Gasteiger partial charge < -0.3 is 10.0 Å². The first-order chi connectivity index (χ1) is 7.75.